The van der Waals surface area contributed by atoms with Crippen LogP contribution in [0.5, 0.6) is 0 Å². The predicted molar refractivity (Wildman–Crippen MR) is 80.8 cm³/mol. The fourth-order valence-electron chi connectivity index (χ4n) is 2.92. The fraction of sp³-hybridized carbons (Fsp3) is 0.500. The van der Waals surface area contributed by atoms with Crippen LogP contribution in [-0.4, -0.2) is 29.5 Å². The highest BCUT2D eigenvalue weighted by atomic mass is 35.5. The topological polar surface area (TPSA) is 52.0 Å². The third kappa shape index (κ3) is 2.44. The minimum atomic E-state index is -2.85. The van der Waals surface area contributed by atoms with Crippen LogP contribution in [0.2, 0.25) is 0 Å². The summed E-state index contributed by atoms with van der Waals surface area (Å²) in [6.45, 7) is 2.71. The van der Waals surface area contributed by atoms with Gasteiger partial charge in [-0.3, -0.25) is 0 Å². The number of aryl methyl sites for hydroxylation is 1. The SMILES string of the molecule is Cc1cccc2c1nc(CCl)n2CC1CCS(=O)(=O)C1. The van der Waals surface area contributed by atoms with Crippen LogP contribution in [0, 0.1) is 12.8 Å². The van der Waals surface area contributed by atoms with Crippen molar-refractivity contribution in [1.29, 1.82) is 0 Å². The molecule has 108 valence electrons. The van der Waals surface area contributed by atoms with Crippen LogP contribution in [0.4, 0.5) is 0 Å². The van der Waals surface area contributed by atoms with Crippen molar-refractivity contribution in [2.45, 2.75) is 25.8 Å². The fourth-order valence-corrected chi connectivity index (χ4v) is 4.97. The van der Waals surface area contributed by atoms with Crippen LogP contribution >= 0.6 is 11.6 Å². The number of sulfone groups is 1. The van der Waals surface area contributed by atoms with E-state index in [4.69, 9.17) is 11.6 Å². The summed E-state index contributed by atoms with van der Waals surface area (Å²) < 4.78 is 25.3. The van der Waals surface area contributed by atoms with Gasteiger partial charge in [-0.05, 0) is 30.9 Å². The highest BCUT2D eigenvalue weighted by Crippen LogP contribution is 2.26. The largest absolute Gasteiger partial charge is 0.327 e. The lowest BCUT2D eigenvalue weighted by Crippen LogP contribution is -2.14. The van der Waals surface area contributed by atoms with Gasteiger partial charge in [-0.1, -0.05) is 12.1 Å². The molecule has 0 radical (unpaired) electrons. The highest BCUT2D eigenvalue weighted by Gasteiger charge is 2.29. The molecule has 1 aromatic carbocycles. The maximum atomic E-state index is 11.6. The highest BCUT2D eigenvalue weighted by molar-refractivity contribution is 7.91. The van der Waals surface area contributed by atoms with Gasteiger partial charge in [-0.25, -0.2) is 13.4 Å². The van der Waals surface area contributed by atoms with Gasteiger partial charge in [0.25, 0.3) is 0 Å². The number of nitrogens with zero attached hydrogens (tertiary/aromatic N) is 2. The molecule has 2 heterocycles. The molecule has 20 heavy (non-hydrogen) atoms. The molecule has 1 unspecified atom stereocenters. The smallest absolute Gasteiger partial charge is 0.150 e. The Balaban J connectivity index is 2.00. The Hall–Kier alpha value is -1.07. The predicted octanol–water partition coefficient (Wildman–Crippen LogP) is 2.52. The average Bonchev–Trinajstić information content (AvgIpc) is 2.92. The van der Waals surface area contributed by atoms with Crippen LogP contribution in [0.3, 0.4) is 0 Å². The Morgan fingerprint density at radius 1 is 1.45 bits per heavy atom. The quantitative estimate of drug-likeness (QED) is 0.818. The monoisotopic (exact) mass is 312 g/mol. The van der Waals surface area contributed by atoms with E-state index < -0.39 is 9.84 Å². The first-order chi connectivity index (χ1) is 9.50. The van der Waals surface area contributed by atoms with E-state index in [1.807, 2.05) is 25.1 Å². The molecule has 2 aromatic rings. The van der Waals surface area contributed by atoms with E-state index in [2.05, 4.69) is 9.55 Å². The van der Waals surface area contributed by atoms with Crippen molar-refractivity contribution in [2.75, 3.05) is 11.5 Å². The lowest BCUT2D eigenvalue weighted by atomic mass is 10.1. The van der Waals surface area contributed by atoms with Gasteiger partial charge in [0.05, 0.1) is 28.4 Å². The lowest BCUT2D eigenvalue weighted by molar-refractivity contribution is 0.490. The summed E-state index contributed by atoms with van der Waals surface area (Å²) in [6.07, 6.45) is 0.732. The molecule has 0 aliphatic carbocycles. The number of hydrogen-bond acceptors (Lipinski definition) is 3. The number of halogens is 1. The van der Waals surface area contributed by atoms with Gasteiger partial charge in [0.1, 0.15) is 5.82 Å². The molecule has 0 spiro atoms. The molecule has 0 amide bonds. The molecule has 1 saturated heterocycles. The zero-order chi connectivity index (χ0) is 14.3. The second kappa shape index (κ2) is 5.04. The molecule has 3 rings (SSSR count). The molecule has 1 aliphatic rings. The number of imidazole rings is 1. The maximum absolute atomic E-state index is 11.6. The summed E-state index contributed by atoms with van der Waals surface area (Å²) in [5, 5.41) is 0. The first kappa shape index (κ1) is 13.9. The zero-order valence-electron chi connectivity index (χ0n) is 11.3. The second-order valence-corrected chi connectivity index (χ2v) is 7.98. The Morgan fingerprint density at radius 3 is 2.90 bits per heavy atom. The molecule has 0 bridgehead atoms. The van der Waals surface area contributed by atoms with E-state index in [0.717, 1.165) is 28.8 Å². The number of hydrogen-bond donors (Lipinski definition) is 0. The van der Waals surface area contributed by atoms with Crippen LogP contribution in [0.15, 0.2) is 18.2 Å². The number of fused-ring (bicyclic) bond motifs is 1. The molecule has 1 fully saturated rings. The van der Waals surface area contributed by atoms with Crippen LogP contribution in [-0.2, 0) is 22.3 Å². The summed E-state index contributed by atoms with van der Waals surface area (Å²) in [6, 6.07) is 6.05. The number of alkyl halides is 1. The maximum Gasteiger partial charge on any atom is 0.150 e. The Morgan fingerprint density at radius 2 is 2.25 bits per heavy atom. The molecule has 0 saturated carbocycles. The summed E-state index contributed by atoms with van der Waals surface area (Å²) in [7, 11) is -2.85. The summed E-state index contributed by atoms with van der Waals surface area (Å²) in [5.41, 5.74) is 3.13. The molecule has 1 aliphatic heterocycles. The summed E-state index contributed by atoms with van der Waals surface area (Å²) >= 11 is 6.00. The van der Waals surface area contributed by atoms with Crippen molar-refractivity contribution in [3.8, 4) is 0 Å². The average molecular weight is 313 g/mol. The van der Waals surface area contributed by atoms with Gasteiger partial charge >= 0.3 is 0 Å². The van der Waals surface area contributed by atoms with Crippen LogP contribution in [0.25, 0.3) is 11.0 Å². The van der Waals surface area contributed by atoms with Crippen molar-refractivity contribution in [3.05, 3.63) is 29.6 Å². The van der Waals surface area contributed by atoms with Crippen molar-refractivity contribution in [2.24, 2.45) is 5.92 Å². The van der Waals surface area contributed by atoms with Crippen molar-refractivity contribution in [3.63, 3.8) is 0 Å². The number of benzene rings is 1. The summed E-state index contributed by atoms with van der Waals surface area (Å²) in [4.78, 5) is 4.59. The van der Waals surface area contributed by atoms with Crippen LogP contribution in [0.1, 0.15) is 17.8 Å². The Labute approximate surface area is 123 Å². The zero-order valence-corrected chi connectivity index (χ0v) is 12.9. The minimum Gasteiger partial charge on any atom is -0.327 e. The second-order valence-electron chi connectivity index (χ2n) is 5.48. The molecule has 6 heteroatoms. The van der Waals surface area contributed by atoms with Gasteiger partial charge < -0.3 is 4.57 Å². The van der Waals surface area contributed by atoms with Crippen molar-refractivity contribution < 1.29 is 8.42 Å². The van der Waals surface area contributed by atoms with Gasteiger partial charge in [0, 0.05) is 6.54 Å². The molecule has 1 atom stereocenters. The Kier molecular flexibility index (Phi) is 3.50. The van der Waals surface area contributed by atoms with Gasteiger partial charge in [-0.15, -0.1) is 11.6 Å². The molecule has 1 aromatic heterocycles. The van der Waals surface area contributed by atoms with Crippen LogP contribution < -0.4 is 0 Å². The summed E-state index contributed by atoms with van der Waals surface area (Å²) in [5.74, 6) is 1.91. The lowest BCUT2D eigenvalue weighted by Gasteiger charge is -2.12. The molecule has 4 nitrogen and oxygen atoms in total. The normalized spacial score (nSPS) is 21.6. The minimum absolute atomic E-state index is 0.167. The van der Waals surface area contributed by atoms with E-state index in [9.17, 15) is 8.42 Å². The molecule has 0 N–H and O–H groups in total. The number of rotatable bonds is 3. The first-order valence-electron chi connectivity index (χ1n) is 6.71. The van der Waals surface area contributed by atoms with Gasteiger partial charge in [0.2, 0.25) is 0 Å². The third-order valence-corrected chi connectivity index (χ3v) is 6.02. The van der Waals surface area contributed by atoms with E-state index in [1.165, 1.54) is 0 Å². The standard InChI is InChI=1S/C14H17ClN2O2S/c1-10-3-2-4-12-14(10)16-13(7-15)17(12)8-11-5-6-20(18,19)9-11/h2-4,11H,5-9H2,1H3. The third-order valence-electron chi connectivity index (χ3n) is 3.95. The van der Waals surface area contributed by atoms with E-state index in [1.54, 1.807) is 0 Å². The van der Waals surface area contributed by atoms with E-state index >= 15 is 0 Å². The Bertz CT molecular complexity index is 752. The number of aromatic nitrogens is 2. The molecular weight excluding hydrogens is 296 g/mol. The van der Waals surface area contributed by atoms with Gasteiger partial charge in [-0.2, -0.15) is 0 Å². The van der Waals surface area contributed by atoms with E-state index in [-0.39, 0.29) is 11.7 Å². The van der Waals surface area contributed by atoms with Gasteiger partial charge in [0.15, 0.2) is 9.84 Å². The van der Waals surface area contributed by atoms with Crippen molar-refractivity contribution in [1.82, 2.24) is 9.55 Å². The number of para-hydroxylation sites is 1. The van der Waals surface area contributed by atoms with E-state index in [0.29, 0.717) is 18.2 Å². The molecular formula is C14H17ClN2O2S. The first-order valence-corrected chi connectivity index (χ1v) is 9.07. The van der Waals surface area contributed by atoms with Crippen molar-refractivity contribution >= 4 is 32.5 Å².